The van der Waals surface area contributed by atoms with Crippen LogP contribution in [0.4, 0.5) is 5.95 Å². The molecule has 0 bridgehead atoms. The van der Waals surface area contributed by atoms with E-state index in [1.807, 2.05) is 0 Å². The summed E-state index contributed by atoms with van der Waals surface area (Å²) in [7, 11) is -3.67. The first-order chi connectivity index (χ1) is 9.41. The molecule has 1 aromatic heterocycles. The Morgan fingerprint density at radius 2 is 1.80 bits per heavy atom. The van der Waals surface area contributed by atoms with E-state index in [1.165, 1.54) is 22.2 Å². The Morgan fingerprint density at radius 3 is 2.25 bits per heavy atom. The van der Waals surface area contributed by atoms with Crippen molar-refractivity contribution in [3.63, 3.8) is 0 Å². The van der Waals surface area contributed by atoms with Gasteiger partial charge < -0.3 is 4.90 Å². The number of hydrogen-bond donors (Lipinski definition) is 3. The lowest BCUT2D eigenvalue weighted by Gasteiger charge is -2.32. The van der Waals surface area contributed by atoms with E-state index in [0.29, 0.717) is 19.0 Å². The minimum absolute atomic E-state index is 0.124. The van der Waals surface area contributed by atoms with Gasteiger partial charge in [-0.05, 0) is 0 Å². The zero-order chi connectivity index (χ0) is 14.8. The number of hydrogen-bond acceptors (Lipinski definition) is 7. The Kier molecular flexibility index (Phi) is 4.13. The van der Waals surface area contributed by atoms with Gasteiger partial charge in [0, 0.05) is 38.6 Å². The van der Waals surface area contributed by atoms with Crippen LogP contribution in [-0.2, 0) is 10.2 Å². The quantitative estimate of drug-likeness (QED) is 0.429. The number of carbonyl (C=O) groups excluding carboxylic acids is 1. The summed E-state index contributed by atoms with van der Waals surface area (Å²) in [5, 5.41) is 13.5. The molecule has 10 nitrogen and oxygen atoms in total. The molecule has 1 fully saturated rings. The van der Waals surface area contributed by atoms with Crippen LogP contribution in [0.15, 0.2) is 12.4 Å². The lowest BCUT2D eigenvalue weighted by molar-refractivity contribution is 0.0705. The van der Waals surface area contributed by atoms with E-state index in [1.54, 1.807) is 4.90 Å². The molecule has 0 unspecified atom stereocenters. The highest BCUT2D eigenvalue weighted by atomic mass is 32.2. The van der Waals surface area contributed by atoms with Crippen LogP contribution in [0.2, 0.25) is 0 Å². The van der Waals surface area contributed by atoms with Gasteiger partial charge in [-0.15, -0.1) is 0 Å². The van der Waals surface area contributed by atoms with Gasteiger partial charge in [-0.25, -0.2) is 20.6 Å². The van der Waals surface area contributed by atoms with Gasteiger partial charge in [0.25, 0.3) is 16.1 Å². The zero-order valence-corrected chi connectivity index (χ0v) is 11.2. The summed E-state index contributed by atoms with van der Waals surface area (Å²) in [4.78, 5) is 20.9. The Labute approximate surface area is 115 Å². The molecule has 0 radical (unpaired) electrons. The second-order valence-electron chi connectivity index (χ2n) is 4.14. The van der Waals surface area contributed by atoms with Crippen molar-refractivity contribution in [2.75, 3.05) is 31.1 Å². The Hall–Kier alpha value is -1.82. The predicted octanol–water partition coefficient (Wildman–Crippen LogP) is -2.08. The first kappa shape index (κ1) is 14.6. The van der Waals surface area contributed by atoms with Crippen molar-refractivity contribution >= 4 is 22.1 Å². The monoisotopic (exact) mass is 302 g/mol. The number of aromatic nitrogens is 2. The topological polar surface area (TPSA) is 142 Å². The summed E-state index contributed by atoms with van der Waals surface area (Å²) in [6.07, 6.45) is 2.56. The molecular formula is C9H14N6O4S. The highest BCUT2D eigenvalue weighted by Gasteiger charge is 2.25. The third-order valence-electron chi connectivity index (χ3n) is 2.88. The van der Waals surface area contributed by atoms with Crippen molar-refractivity contribution in [2.24, 2.45) is 5.14 Å². The van der Waals surface area contributed by atoms with Gasteiger partial charge in [0.1, 0.15) is 0 Å². The van der Waals surface area contributed by atoms with Crippen molar-refractivity contribution in [1.82, 2.24) is 19.8 Å². The largest absolute Gasteiger partial charge is 0.338 e. The van der Waals surface area contributed by atoms with Gasteiger partial charge >= 0.3 is 0 Å². The highest BCUT2D eigenvalue weighted by molar-refractivity contribution is 7.86. The minimum atomic E-state index is -3.67. The lowest BCUT2D eigenvalue weighted by Crippen LogP contribution is -2.51. The first-order valence-electron chi connectivity index (χ1n) is 5.71. The number of nitrogens with one attached hydrogen (secondary N) is 1. The van der Waals surface area contributed by atoms with Crippen LogP contribution in [0.25, 0.3) is 0 Å². The fraction of sp³-hybridized carbons (Fsp3) is 0.444. The van der Waals surface area contributed by atoms with Gasteiger partial charge in [0.05, 0.1) is 5.56 Å². The number of carbonyl (C=O) groups is 1. The molecule has 1 aliphatic rings. The molecule has 2 rings (SSSR count). The molecule has 0 aromatic carbocycles. The van der Waals surface area contributed by atoms with E-state index in [4.69, 9.17) is 10.3 Å². The van der Waals surface area contributed by atoms with Crippen LogP contribution in [0.3, 0.4) is 0 Å². The Balaban J connectivity index is 2.02. The van der Waals surface area contributed by atoms with E-state index in [0.717, 1.165) is 0 Å². The summed E-state index contributed by atoms with van der Waals surface area (Å²) >= 11 is 0. The molecule has 0 atom stereocenters. The lowest BCUT2D eigenvalue weighted by atomic mass is 10.3. The van der Waals surface area contributed by atoms with Gasteiger partial charge in [-0.1, -0.05) is 0 Å². The zero-order valence-electron chi connectivity index (χ0n) is 10.4. The fourth-order valence-electron chi connectivity index (χ4n) is 1.81. The number of nitrogens with zero attached hydrogens (tertiary/aromatic N) is 4. The van der Waals surface area contributed by atoms with Crippen LogP contribution in [0, 0.1) is 0 Å². The van der Waals surface area contributed by atoms with Crippen molar-refractivity contribution in [3.05, 3.63) is 18.0 Å². The second-order valence-corrected chi connectivity index (χ2v) is 5.69. The number of amides is 1. The van der Waals surface area contributed by atoms with Crippen LogP contribution < -0.4 is 15.5 Å². The molecule has 1 aromatic rings. The average Bonchev–Trinajstić information content (AvgIpc) is 2.46. The van der Waals surface area contributed by atoms with Gasteiger partial charge in [-0.3, -0.25) is 10.0 Å². The van der Waals surface area contributed by atoms with Crippen molar-refractivity contribution in [3.8, 4) is 0 Å². The van der Waals surface area contributed by atoms with E-state index in [2.05, 4.69) is 9.97 Å². The molecule has 20 heavy (non-hydrogen) atoms. The van der Waals surface area contributed by atoms with Gasteiger partial charge in [-0.2, -0.15) is 12.7 Å². The molecule has 0 spiro atoms. The summed E-state index contributed by atoms with van der Waals surface area (Å²) < 4.78 is 23.5. The van der Waals surface area contributed by atoms with E-state index in [9.17, 15) is 13.2 Å². The smallest absolute Gasteiger partial charge is 0.277 e. The molecule has 2 heterocycles. The summed E-state index contributed by atoms with van der Waals surface area (Å²) in [6.45, 7) is 1.31. The van der Waals surface area contributed by atoms with E-state index < -0.39 is 16.1 Å². The molecule has 4 N–H and O–H groups in total. The molecule has 1 amide bonds. The number of hydroxylamine groups is 1. The van der Waals surface area contributed by atoms with Crippen LogP contribution in [0.5, 0.6) is 0 Å². The molecular weight excluding hydrogens is 288 g/mol. The van der Waals surface area contributed by atoms with E-state index in [-0.39, 0.29) is 18.7 Å². The molecule has 1 saturated heterocycles. The third kappa shape index (κ3) is 3.19. The summed E-state index contributed by atoms with van der Waals surface area (Å²) in [5.41, 5.74) is 1.61. The summed E-state index contributed by atoms with van der Waals surface area (Å²) in [6, 6.07) is 0. The number of piperazine rings is 1. The van der Waals surface area contributed by atoms with Crippen LogP contribution >= 0.6 is 0 Å². The Bertz CT molecular complexity index is 581. The molecule has 0 aliphatic carbocycles. The average molecular weight is 302 g/mol. The molecule has 110 valence electrons. The second kappa shape index (κ2) is 5.66. The number of anilines is 1. The standard InChI is InChI=1S/C9H14N6O4S/c10-20(18,19)15-3-1-14(2-4-15)9-11-5-7(6-12-9)8(16)13-17/h5-6,17H,1-4H2,(H,13,16)(H2,10,18,19). The Morgan fingerprint density at radius 1 is 1.25 bits per heavy atom. The number of nitrogens with two attached hydrogens (primary N) is 1. The van der Waals surface area contributed by atoms with Crippen molar-refractivity contribution < 1.29 is 18.4 Å². The number of rotatable bonds is 3. The van der Waals surface area contributed by atoms with Crippen molar-refractivity contribution in [1.29, 1.82) is 0 Å². The highest BCUT2D eigenvalue weighted by Crippen LogP contribution is 2.11. The maximum Gasteiger partial charge on any atom is 0.277 e. The maximum absolute atomic E-state index is 11.2. The van der Waals surface area contributed by atoms with E-state index >= 15 is 0 Å². The predicted molar refractivity (Wildman–Crippen MR) is 68.2 cm³/mol. The fourth-order valence-corrected chi connectivity index (χ4v) is 2.48. The van der Waals surface area contributed by atoms with Crippen molar-refractivity contribution in [2.45, 2.75) is 0 Å². The van der Waals surface area contributed by atoms with Crippen LogP contribution in [0.1, 0.15) is 10.4 Å². The molecule has 1 aliphatic heterocycles. The maximum atomic E-state index is 11.2. The van der Waals surface area contributed by atoms with Gasteiger partial charge in [0.2, 0.25) is 5.95 Å². The van der Waals surface area contributed by atoms with Gasteiger partial charge in [0.15, 0.2) is 0 Å². The summed E-state index contributed by atoms with van der Waals surface area (Å²) in [5.74, 6) is -0.316. The minimum Gasteiger partial charge on any atom is -0.338 e. The normalized spacial score (nSPS) is 17.0. The molecule has 11 heteroatoms. The SMILES string of the molecule is NS(=O)(=O)N1CCN(c2ncc(C(=O)NO)cn2)CC1. The molecule has 0 saturated carbocycles. The first-order valence-corrected chi connectivity index (χ1v) is 7.21. The van der Waals surface area contributed by atoms with Crippen LogP contribution in [-0.4, -0.2) is 60.0 Å². The third-order valence-corrected chi connectivity index (χ3v) is 3.97.